The van der Waals surface area contributed by atoms with Gasteiger partial charge in [-0.15, -0.1) is 0 Å². The van der Waals surface area contributed by atoms with E-state index in [4.69, 9.17) is 0 Å². The number of hydrogen-bond acceptors (Lipinski definition) is 6. The van der Waals surface area contributed by atoms with Crippen molar-refractivity contribution in [3.05, 3.63) is 18.0 Å². The number of hydrogen-bond donors (Lipinski definition) is 1. The first kappa shape index (κ1) is 23.4. The Morgan fingerprint density at radius 1 is 1.34 bits per heavy atom. The summed E-state index contributed by atoms with van der Waals surface area (Å²) >= 11 is 0. The number of guanidine groups is 1. The van der Waals surface area contributed by atoms with Crippen molar-refractivity contribution in [2.75, 3.05) is 59.4 Å². The predicted octanol–water partition coefficient (Wildman–Crippen LogP) is 0.582. The van der Waals surface area contributed by atoms with E-state index in [0.29, 0.717) is 44.4 Å². The molecule has 13 heteroatoms. The molecule has 1 aliphatic heterocycles. The Balaban J connectivity index is 1.88. The van der Waals surface area contributed by atoms with Crippen molar-refractivity contribution in [3.63, 3.8) is 0 Å². The lowest BCUT2D eigenvalue weighted by Gasteiger charge is -2.35. The van der Waals surface area contributed by atoms with Crippen LogP contribution in [0.4, 0.5) is 13.2 Å². The van der Waals surface area contributed by atoms with E-state index in [1.807, 2.05) is 11.8 Å². The zero-order chi connectivity index (χ0) is 21.5. The summed E-state index contributed by atoms with van der Waals surface area (Å²) in [6, 6.07) is 1.51. The number of nitrogens with one attached hydrogen (secondary N) is 1. The van der Waals surface area contributed by atoms with Gasteiger partial charge in [0, 0.05) is 45.3 Å². The minimum absolute atomic E-state index is 0.167. The predicted molar refractivity (Wildman–Crippen MR) is 102 cm³/mol. The molecule has 0 unspecified atom stereocenters. The molecule has 1 aromatic heterocycles. The monoisotopic (exact) mass is 440 g/mol. The molecule has 1 saturated heterocycles. The number of rotatable bonds is 8. The highest BCUT2D eigenvalue weighted by Crippen LogP contribution is 2.15. The number of piperazine rings is 1. The van der Waals surface area contributed by atoms with Crippen LogP contribution in [0.5, 0.6) is 0 Å². The molecule has 0 spiro atoms. The van der Waals surface area contributed by atoms with Gasteiger partial charge in [0.05, 0.1) is 18.8 Å². The highest BCUT2D eigenvalue weighted by molar-refractivity contribution is 7.88. The molecule has 0 radical (unpaired) electrons. The van der Waals surface area contributed by atoms with Gasteiger partial charge in [-0.05, 0) is 14.0 Å². The van der Waals surface area contributed by atoms with Crippen LogP contribution in [-0.4, -0.2) is 99.2 Å². The molecule has 9 nitrogen and oxygen atoms in total. The van der Waals surface area contributed by atoms with Crippen molar-refractivity contribution in [1.29, 1.82) is 0 Å². The summed E-state index contributed by atoms with van der Waals surface area (Å²) in [5.41, 5.74) is 0.352. The van der Waals surface area contributed by atoms with Gasteiger partial charge in [-0.2, -0.15) is 17.5 Å². The van der Waals surface area contributed by atoms with Crippen molar-refractivity contribution in [1.82, 2.24) is 24.6 Å². The van der Waals surface area contributed by atoms with Crippen LogP contribution in [0, 0.1) is 0 Å². The lowest BCUT2D eigenvalue weighted by Crippen LogP contribution is -2.54. The topological polar surface area (TPSA) is 94.3 Å². The zero-order valence-electron chi connectivity index (χ0n) is 16.5. The number of halogens is 3. The fourth-order valence-electron chi connectivity index (χ4n) is 2.91. The van der Waals surface area contributed by atoms with E-state index in [0.717, 1.165) is 0 Å². The summed E-state index contributed by atoms with van der Waals surface area (Å²) in [4.78, 5) is 7.47. The van der Waals surface area contributed by atoms with Gasteiger partial charge in [0.25, 0.3) is 0 Å². The largest absolute Gasteiger partial charge is 0.401 e. The summed E-state index contributed by atoms with van der Waals surface area (Å²) in [6.07, 6.45) is -2.91. The summed E-state index contributed by atoms with van der Waals surface area (Å²) in [5, 5.41) is 6.75. The van der Waals surface area contributed by atoms with E-state index in [9.17, 15) is 21.6 Å². The average Bonchev–Trinajstić information content (AvgIpc) is 3.12. The van der Waals surface area contributed by atoms with Gasteiger partial charge in [-0.25, -0.2) is 8.42 Å². The average molecular weight is 440 g/mol. The molecular formula is C16H27F3N6O3S. The van der Waals surface area contributed by atoms with Gasteiger partial charge in [0.15, 0.2) is 5.96 Å². The van der Waals surface area contributed by atoms with E-state index in [2.05, 4.69) is 20.0 Å². The van der Waals surface area contributed by atoms with Crippen LogP contribution in [0.1, 0.15) is 12.6 Å². The standard InChI is InChI=1S/C16H27F3N6O3S/c1-3-20-15(21-5-6-23(2)13-16(17,18)19)24-7-9-25(10-8-24)29(26,27)12-14-4-11-28-22-14/h4,11H,3,5-10,12-13H2,1-2H3,(H,20,21). The van der Waals surface area contributed by atoms with E-state index in [1.165, 1.54) is 28.6 Å². The zero-order valence-corrected chi connectivity index (χ0v) is 17.3. The van der Waals surface area contributed by atoms with Crippen molar-refractivity contribution < 1.29 is 26.1 Å². The highest BCUT2D eigenvalue weighted by atomic mass is 32.2. The summed E-state index contributed by atoms with van der Waals surface area (Å²) in [5.74, 6) is 0.352. The highest BCUT2D eigenvalue weighted by Gasteiger charge is 2.30. The number of alkyl halides is 3. The van der Waals surface area contributed by atoms with Crippen LogP contribution in [0.15, 0.2) is 21.8 Å². The molecule has 0 bridgehead atoms. The van der Waals surface area contributed by atoms with E-state index in [-0.39, 0.29) is 18.8 Å². The minimum atomic E-state index is -4.24. The molecule has 0 aliphatic carbocycles. The number of nitrogens with zero attached hydrogens (tertiary/aromatic N) is 5. The van der Waals surface area contributed by atoms with Gasteiger partial charge < -0.3 is 14.7 Å². The number of aromatic nitrogens is 1. The second-order valence-corrected chi connectivity index (χ2v) is 8.69. The maximum atomic E-state index is 12.5. The molecule has 2 heterocycles. The molecule has 1 aromatic rings. The Morgan fingerprint density at radius 3 is 2.59 bits per heavy atom. The van der Waals surface area contributed by atoms with Crippen LogP contribution in [0.25, 0.3) is 0 Å². The van der Waals surface area contributed by atoms with Gasteiger partial charge >= 0.3 is 6.18 Å². The molecule has 0 amide bonds. The number of aliphatic imine (C=N–C) groups is 1. The van der Waals surface area contributed by atoms with Gasteiger partial charge in [0.1, 0.15) is 12.0 Å². The third kappa shape index (κ3) is 7.82. The van der Waals surface area contributed by atoms with Crippen molar-refractivity contribution in [3.8, 4) is 0 Å². The molecule has 1 fully saturated rings. The second-order valence-electron chi connectivity index (χ2n) is 6.72. The first-order chi connectivity index (χ1) is 13.6. The molecule has 1 N–H and O–H groups in total. The third-order valence-corrected chi connectivity index (χ3v) is 6.09. The smallest absolute Gasteiger partial charge is 0.364 e. The summed E-state index contributed by atoms with van der Waals surface area (Å²) in [6.45, 7) is 3.33. The molecule has 1 aliphatic rings. The SMILES string of the molecule is CCNC(=NCCN(C)CC(F)(F)F)N1CCN(S(=O)(=O)Cc2ccon2)CC1. The minimum Gasteiger partial charge on any atom is -0.364 e. The van der Waals surface area contributed by atoms with E-state index in [1.54, 1.807) is 0 Å². The van der Waals surface area contributed by atoms with Gasteiger partial charge in [-0.1, -0.05) is 5.16 Å². The molecule has 2 rings (SSSR count). The second kappa shape index (κ2) is 10.3. The molecular weight excluding hydrogens is 413 g/mol. The molecule has 29 heavy (non-hydrogen) atoms. The van der Waals surface area contributed by atoms with Crippen LogP contribution in [-0.2, 0) is 15.8 Å². The summed E-state index contributed by atoms with van der Waals surface area (Å²) in [7, 11) is -2.11. The van der Waals surface area contributed by atoms with Gasteiger partial charge in [0.2, 0.25) is 10.0 Å². The van der Waals surface area contributed by atoms with E-state index >= 15 is 0 Å². The quantitative estimate of drug-likeness (QED) is 0.467. The lowest BCUT2D eigenvalue weighted by atomic mass is 10.4. The fraction of sp³-hybridized carbons (Fsp3) is 0.750. The lowest BCUT2D eigenvalue weighted by molar-refractivity contribution is -0.142. The van der Waals surface area contributed by atoms with Crippen LogP contribution in [0.3, 0.4) is 0 Å². The first-order valence-corrected chi connectivity index (χ1v) is 10.9. The summed E-state index contributed by atoms with van der Waals surface area (Å²) < 4.78 is 68.3. The Bertz CT molecular complexity index is 746. The number of likely N-dealkylation sites (N-methyl/N-ethyl adjacent to an activating group) is 1. The first-order valence-electron chi connectivity index (χ1n) is 9.26. The Hall–Kier alpha value is -1.86. The van der Waals surface area contributed by atoms with Gasteiger partial charge in [-0.3, -0.25) is 9.89 Å². The van der Waals surface area contributed by atoms with Crippen LogP contribution in [0.2, 0.25) is 0 Å². The Labute approximate surface area is 168 Å². The van der Waals surface area contributed by atoms with Crippen molar-refractivity contribution in [2.45, 2.75) is 18.9 Å². The van der Waals surface area contributed by atoms with Crippen LogP contribution < -0.4 is 5.32 Å². The Kier molecular flexibility index (Phi) is 8.28. The molecule has 0 aromatic carbocycles. The molecule has 166 valence electrons. The third-order valence-electron chi connectivity index (χ3n) is 4.28. The van der Waals surface area contributed by atoms with Crippen molar-refractivity contribution >= 4 is 16.0 Å². The fourth-order valence-corrected chi connectivity index (χ4v) is 4.33. The van der Waals surface area contributed by atoms with Crippen LogP contribution >= 0.6 is 0 Å². The normalized spacial score (nSPS) is 17.2. The maximum absolute atomic E-state index is 12.5. The van der Waals surface area contributed by atoms with Crippen molar-refractivity contribution in [2.24, 2.45) is 4.99 Å². The molecule has 0 atom stereocenters. The number of sulfonamides is 1. The molecule has 0 saturated carbocycles. The maximum Gasteiger partial charge on any atom is 0.401 e. The van der Waals surface area contributed by atoms with E-state index < -0.39 is 22.7 Å². The Morgan fingerprint density at radius 2 is 2.03 bits per heavy atom.